The van der Waals surface area contributed by atoms with E-state index >= 15 is 0 Å². The number of nitrogens with one attached hydrogen (secondary N) is 1. The highest BCUT2D eigenvalue weighted by atomic mass is 32.2. The Morgan fingerprint density at radius 2 is 1.62 bits per heavy atom. The van der Waals surface area contributed by atoms with Crippen LogP contribution in [0.1, 0.15) is 22.3 Å². The smallest absolute Gasteiger partial charge is 0.240 e. The van der Waals surface area contributed by atoms with Gasteiger partial charge < -0.3 is 11.1 Å². The van der Waals surface area contributed by atoms with Crippen molar-refractivity contribution in [3.8, 4) is 0 Å². The van der Waals surface area contributed by atoms with Crippen molar-refractivity contribution in [2.75, 3.05) is 17.8 Å². The highest BCUT2D eigenvalue weighted by molar-refractivity contribution is 8.14. The normalized spacial score (nSPS) is 12.7. The van der Waals surface area contributed by atoms with E-state index in [0.29, 0.717) is 24.2 Å². The molecule has 0 spiro atoms. The van der Waals surface area contributed by atoms with E-state index in [1.54, 1.807) is 23.9 Å². The Bertz CT molecular complexity index is 800. The molecular formula is C22H26N2O3S2. The van der Waals surface area contributed by atoms with E-state index in [0.717, 1.165) is 23.1 Å². The Kier molecular flexibility index (Phi) is 9.80. The van der Waals surface area contributed by atoms with Crippen LogP contribution in [0.4, 0.5) is 0 Å². The van der Waals surface area contributed by atoms with Crippen LogP contribution in [0.25, 0.3) is 0 Å². The van der Waals surface area contributed by atoms with Crippen molar-refractivity contribution in [2.24, 2.45) is 11.7 Å². The molecule has 29 heavy (non-hydrogen) atoms. The van der Waals surface area contributed by atoms with Crippen molar-refractivity contribution in [2.45, 2.75) is 18.9 Å². The van der Waals surface area contributed by atoms with Gasteiger partial charge in [0.2, 0.25) is 16.9 Å². The number of carbonyl (C=O) groups is 3. The molecule has 2 aromatic carbocycles. The molecule has 0 fully saturated rings. The van der Waals surface area contributed by atoms with Crippen molar-refractivity contribution in [1.82, 2.24) is 5.32 Å². The summed E-state index contributed by atoms with van der Waals surface area (Å²) in [5.41, 5.74) is 7.06. The summed E-state index contributed by atoms with van der Waals surface area (Å²) in [7, 11) is 0. The zero-order chi connectivity index (χ0) is 21.1. The molecule has 0 aromatic heterocycles. The standard InChI is InChI=1S/C22H26N2O3S2/c1-28-13-12-19(20(23)25)24-21(26)18(14-16-8-4-2-5-9-16)15-29-22(27)17-10-6-3-7-11-17/h2-11,18-19H,12-15H2,1H3,(H2,23,25)(H,24,26)/t18-,19+/m1/s1. The van der Waals surface area contributed by atoms with Crippen LogP contribution >= 0.6 is 23.5 Å². The minimum Gasteiger partial charge on any atom is -0.368 e. The molecule has 0 saturated heterocycles. The van der Waals surface area contributed by atoms with E-state index < -0.39 is 17.9 Å². The number of hydrogen-bond donors (Lipinski definition) is 2. The second-order valence-corrected chi connectivity index (χ2v) is 8.57. The fourth-order valence-electron chi connectivity index (χ4n) is 2.77. The fourth-order valence-corrected chi connectivity index (χ4v) is 4.17. The van der Waals surface area contributed by atoms with Crippen molar-refractivity contribution >= 4 is 40.5 Å². The fraction of sp³-hybridized carbons (Fsp3) is 0.318. The molecule has 2 rings (SSSR count). The topological polar surface area (TPSA) is 89.3 Å². The van der Waals surface area contributed by atoms with Crippen LogP contribution in [0.2, 0.25) is 0 Å². The second kappa shape index (κ2) is 12.3. The maximum atomic E-state index is 12.9. The molecule has 0 aliphatic heterocycles. The average molecular weight is 431 g/mol. The van der Waals surface area contributed by atoms with Gasteiger partial charge in [-0.3, -0.25) is 14.4 Å². The number of thioether (sulfide) groups is 2. The van der Waals surface area contributed by atoms with E-state index in [1.807, 2.05) is 54.8 Å². The van der Waals surface area contributed by atoms with E-state index in [9.17, 15) is 14.4 Å². The zero-order valence-corrected chi connectivity index (χ0v) is 18.0. The van der Waals surface area contributed by atoms with Gasteiger partial charge in [0, 0.05) is 11.3 Å². The minimum atomic E-state index is -0.706. The molecule has 0 unspecified atom stereocenters. The van der Waals surface area contributed by atoms with Gasteiger partial charge in [-0.15, -0.1) is 0 Å². The van der Waals surface area contributed by atoms with E-state index in [2.05, 4.69) is 5.32 Å². The van der Waals surface area contributed by atoms with Gasteiger partial charge in [-0.05, 0) is 30.4 Å². The summed E-state index contributed by atoms with van der Waals surface area (Å²) < 4.78 is 0. The van der Waals surface area contributed by atoms with Crippen LogP contribution in [-0.2, 0) is 16.0 Å². The van der Waals surface area contributed by atoms with Crippen LogP contribution in [-0.4, -0.2) is 40.7 Å². The second-order valence-electron chi connectivity index (χ2n) is 6.60. The Balaban J connectivity index is 2.08. The first-order chi connectivity index (χ1) is 14.0. The van der Waals surface area contributed by atoms with Crippen molar-refractivity contribution in [1.29, 1.82) is 0 Å². The molecule has 0 radical (unpaired) electrons. The van der Waals surface area contributed by atoms with Gasteiger partial charge in [-0.1, -0.05) is 72.4 Å². The highest BCUT2D eigenvalue weighted by Crippen LogP contribution is 2.20. The van der Waals surface area contributed by atoms with E-state index in [4.69, 9.17) is 5.73 Å². The molecule has 0 bridgehead atoms. The SMILES string of the molecule is CSCC[C@H](NC(=O)[C@@H](CSC(=O)c1ccccc1)Cc1ccccc1)C(N)=O. The van der Waals surface area contributed by atoms with Gasteiger partial charge in [0.05, 0.1) is 5.92 Å². The third kappa shape index (κ3) is 7.95. The maximum Gasteiger partial charge on any atom is 0.240 e. The number of benzene rings is 2. The minimum absolute atomic E-state index is 0.0784. The lowest BCUT2D eigenvalue weighted by molar-refractivity contribution is -0.129. The highest BCUT2D eigenvalue weighted by Gasteiger charge is 2.25. The predicted molar refractivity (Wildman–Crippen MR) is 121 cm³/mol. The lowest BCUT2D eigenvalue weighted by atomic mass is 9.99. The third-order valence-corrected chi connectivity index (χ3v) is 6.10. The summed E-state index contributed by atoms with van der Waals surface area (Å²) in [5, 5.41) is 2.71. The van der Waals surface area contributed by atoms with Crippen LogP contribution in [0, 0.1) is 5.92 Å². The molecular weight excluding hydrogens is 404 g/mol. The summed E-state index contributed by atoms with van der Waals surface area (Å²) in [6.45, 7) is 0. The number of amides is 2. The van der Waals surface area contributed by atoms with Crippen molar-refractivity contribution in [3.05, 3.63) is 71.8 Å². The summed E-state index contributed by atoms with van der Waals surface area (Å²) >= 11 is 2.71. The number of carbonyl (C=O) groups excluding carboxylic acids is 3. The van der Waals surface area contributed by atoms with Gasteiger partial charge in [0.15, 0.2) is 0 Å². The molecule has 3 N–H and O–H groups in total. The van der Waals surface area contributed by atoms with Gasteiger partial charge in [0.1, 0.15) is 6.04 Å². The van der Waals surface area contributed by atoms with Crippen LogP contribution in [0.15, 0.2) is 60.7 Å². The molecule has 5 nitrogen and oxygen atoms in total. The van der Waals surface area contributed by atoms with Gasteiger partial charge in [0.25, 0.3) is 0 Å². The third-order valence-electron chi connectivity index (χ3n) is 4.39. The predicted octanol–water partition coefficient (Wildman–Crippen LogP) is 3.14. The molecule has 0 heterocycles. The molecule has 0 aliphatic carbocycles. The first-order valence-electron chi connectivity index (χ1n) is 9.36. The molecule has 2 aromatic rings. The molecule has 154 valence electrons. The van der Waals surface area contributed by atoms with Gasteiger partial charge in [-0.25, -0.2) is 0 Å². The number of hydrogen-bond acceptors (Lipinski definition) is 5. The average Bonchev–Trinajstić information content (AvgIpc) is 2.74. The Morgan fingerprint density at radius 3 is 2.21 bits per heavy atom. The Hall–Kier alpha value is -2.25. The van der Waals surface area contributed by atoms with Gasteiger partial charge >= 0.3 is 0 Å². The first kappa shape index (κ1) is 23.0. The lowest BCUT2D eigenvalue weighted by Crippen LogP contribution is -2.47. The maximum absolute atomic E-state index is 12.9. The van der Waals surface area contributed by atoms with Crippen LogP contribution in [0.5, 0.6) is 0 Å². The summed E-state index contributed by atoms with van der Waals surface area (Å²) in [5.74, 6) is -0.210. The zero-order valence-electron chi connectivity index (χ0n) is 16.4. The molecule has 7 heteroatoms. The molecule has 0 aliphatic rings. The number of primary amides is 1. The summed E-state index contributed by atoms with van der Waals surface area (Å²) in [6, 6.07) is 17.9. The quantitative estimate of drug-likeness (QED) is 0.572. The van der Waals surface area contributed by atoms with Crippen LogP contribution < -0.4 is 11.1 Å². The Labute approximate surface area is 180 Å². The first-order valence-corrected chi connectivity index (χ1v) is 11.7. The molecule has 2 atom stereocenters. The van der Waals surface area contributed by atoms with E-state index in [-0.39, 0.29) is 11.0 Å². The van der Waals surface area contributed by atoms with E-state index in [1.165, 1.54) is 0 Å². The lowest BCUT2D eigenvalue weighted by Gasteiger charge is -2.20. The number of nitrogens with two attached hydrogens (primary N) is 1. The Morgan fingerprint density at radius 1 is 1.00 bits per heavy atom. The van der Waals surface area contributed by atoms with Crippen molar-refractivity contribution < 1.29 is 14.4 Å². The van der Waals surface area contributed by atoms with Crippen molar-refractivity contribution in [3.63, 3.8) is 0 Å². The summed E-state index contributed by atoms with van der Waals surface area (Å²) in [6.07, 6.45) is 2.90. The molecule has 0 saturated carbocycles. The summed E-state index contributed by atoms with van der Waals surface area (Å²) in [4.78, 5) is 37.1. The van der Waals surface area contributed by atoms with Crippen LogP contribution in [0.3, 0.4) is 0 Å². The largest absolute Gasteiger partial charge is 0.368 e. The monoisotopic (exact) mass is 430 g/mol. The molecule has 2 amide bonds. The van der Waals surface area contributed by atoms with Gasteiger partial charge in [-0.2, -0.15) is 11.8 Å². The number of rotatable bonds is 11.